The Hall–Kier alpha value is -2.30. The van der Waals surface area contributed by atoms with Crippen molar-refractivity contribution in [2.45, 2.75) is 25.7 Å². The number of nitrogens with one attached hydrogen (secondary N) is 2. The fourth-order valence-electron chi connectivity index (χ4n) is 2.55. The van der Waals surface area contributed by atoms with Gasteiger partial charge in [0, 0.05) is 12.2 Å². The number of aromatic amines is 1. The average Bonchev–Trinajstić information content (AvgIpc) is 2.93. The van der Waals surface area contributed by atoms with E-state index in [1.807, 2.05) is 0 Å². The highest BCUT2D eigenvalue weighted by Gasteiger charge is 2.06. The lowest BCUT2D eigenvalue weighted by molar-refractivity contribution is 0.859. The largest absolute Gasteiger partial charge is 0.399 e. The molecule has 0 amide bonds. The van der Waals surface area contributed by atoms with Gasteiger partial charge in [-0.1, -0.05) is 11.6 Å². The molecule has 0 bridgehead atoms. The molecule has 1 heterocycles. The predicted octanol–water partition coefficient (Wildman–Crippen LogP) is 2.42. The van der Waals surface area contributed by atoms with Gasteiger partial charge in [0.25, 0.3) is 5.56 Å². The van der Waals surface area contributed by atoms with Gasteiger partial charge in [-0.05, 0) is 43.9 Å². The molecule has 0 fully saturated rings. The van der Waals surface area contributed by atoms with Gasteiger partial charge in [0.15, 0.2) is 0 Å². The summed E-state index contributed by atoms with van der Waals surface area (Å²) in [4.78, 5) is 19.1. The molecule has 4 N–H and O–H groups in total. The van der Waals surface area contributed by atoms with Gasteiger partial charge < -0.3 is 11.1 Å². The van der Waals surface area contributed by atoms with Crippen LogP contribution in [0.2, 0.25) is 0 Å². The van der Waals surface area contributed by atoms with Crippen molar-refractivity contribution in [2.24, 2.45) is 0 Å². The van der Waals surface area contributed by atoms with E-state index < -0.39 is 0 Å². The molecule has 104 valence electrons. The highest BCUT2D eigenvalue weighted by Crippen LogP contribution is 2.20. The van der Waals surface area contributed by atoms with Gasteiger partial charge in [0.05, 0.1) is 10.9 Å². The molecule has 0 spiro atoms. The molecular formula is C15H18N4O. The van der Waals surface area contributed by atoms with E-state index in [2.05, 4.69) is 21.4 Å². The van der Waals surface area contributed by atoms with Crippen molar-refractivity contribution >= 4 is 22.5 Å². The first-order valence-electron chi connectivity index (χ1n) is 6.94. The molecule has 1 aliphatic carbocycles. The first-order valence-corrected chi connectivity index (χ1v) is 6.94. The molecule has 1 aromatic carbocycles. The summed E-state index contributed by atoms with van der Waals surface area (Å²) in [6.07, 6.45) is 6.97. The van der Waals surface area contributed by atoms with Crippen LogP contribution in [0.5, 0.6) is 0 Å². The third-order valence-corrected chi connectivity index (χ3v) is 3.60. The second-order valence-electron chi connectivity index (χ2n) is 5.12. The Kier molecular flexibility index (Phi) is 3.41. The van der Waals surface area contributed by atoms with Gasteiger partial charge >= 0.3 is 0 Å². The Morgan fingerprint density at radius 2 is 2.30 bits per heavy atom. The Morgan fingerprint density at radius 3 is 3.10 bits per heavy atom. The molecule has 0 saturated heterocycles. The quantitative estimate of drug-likeness (QED) is 0.588. The molecular weight excluding hydrogens is 252 g/mol. The van der Waals surface area contributed by atoms with Crippen molar-refractivity contribution in [1.82, 2.24) is 9.97 Å². The summed E-state index contributed by atoms with van der Waals surface area (Å²) in [5, 5.41) is 3.70. The third-order valence-electron chi connectivity index (χ3n) is 3.60. The van der Waals surface area contributed by atoms with Crippen LogP contribution in [-0.4, -0.2) is 16.5 Å². The Balaban J connectivity index is 1.75. The molecule has 2 aromatic rings. The van der Waals surface area contributed by atoms with E-state index in [0.29, 0.717) is 22.5 Å². The number of benzene rings is 1. The number of hydrogen-bond donors (Lipinski definition) is 3. The molecule has 0 saturated carbocycles. The van der Waals surface area contributed by atoms with Gasteiger partial charge in [-0.2, -0.15) is 0 Å². The summed E-state index contributed by atoms with van der Waals surface area (Å²) in [7, 11) is 0. The fraction of sp³-hybridized carbons (Fsp3) is 0.333. The van der Waals surface area contributed by atoms with Crippen molar-refractivity contribution in [1.29, 1.82) is 0 Å². The summed E-state index contributed by atoms with van der Waals surface area (Å²) < 4.78 is 0. The minimum absolute atomic E-state index is 0.162. The highest BCUT2D eigenvalue weighted by atomic mass is 16.1. The number of rotatable bonds is 4. The molecule has 0 radical (unpaired) electrons. The maximum Gasteiger partial charge on any atom is 0.260 e. The van der Waals surface area contributed by atoms with Gasteiger partial charge in [0.1, 0.15) is 0 Å². The zero-order chi connectivity index (χ0) is 13.9. The minimum atomic E-state index is -0.162. The van der Waals surface area contributed by atoms with Gasteiger partial charge in [-0.3, -0.25) is 9.78 Å². The minimum Gasteiger partial charge on any atom is -0.399 e. The topological polar surface area (TPSA) is 83.8 Å². The number of aromatic nitrogens is 2. The van der Waals surface area contributed by atoms with Crippen LogP contribution in [0.25, 0.3) is 10.9 Å². The summed E-state index contributed by atoms with van der Waals surface area (Å²) >= 11 is 0. The monoisotopic (exact) mass is 270 g/mol. The number of allylic oxidation sites excluding steroid dienone is 1. The molecule has 1 aromatic heterocycles. The lowest BCUT2D eigenvalue weighted by Gasteiger charge is -2.07. The van der Waals surface area contributed by atoms with Crippen LogP contribution in [0, 0.1) is 0 Å². The molecule has 0 atom stereocenters. The second kappa shape index (κ2) is 5.36. The maximum atomic E-state index is 12.0. The molecule has 0 aliphatic heterocycles. The Labute approximate surface area is 116 Å². The van der Waals surface area contributed by atoms with Crippen molar-refractivity contribution in [3.8, 4) is 0 Å². The zero-order valence-corrected chi connectivity index (χ0v) is 11.3. The van der Waals surface area contributed by atoms with Gasteiger partial charge in [-0.25, -0.2) is 4.98 Å². The first kappa shape index (κ1) is 12.7. The van der Waals surface area contributed by atoms with E-state index in [-0.39, 0.29) is 5.56 Å². The fourth-order valence-corrected chi connectivity index (χ4v) is 2.55. The zero-order valence-electron chi connectivity index (χ0n) is 11.3. The van der Waals surface area contributed by atoms with Gasteiger partial charge in [-0.15, -0.1) is 0 Å². The van der Waals surface area contributed by atoms with Crippen molar-refractivity contribution in [2.75, 3.05) is 17.6 Å². The third kappa shape index (κ3) is 2.66. The molecule has 20 heavy (non-hydrogen) atoms. The van der Waals surface area contributed by atoms with Crippen molar-refractivity contribution in [3.05, 3.63) is 40.2 Å². The van der Waals surface area contributed by atoms with Crippen LogP contribution in [0.4, 0.5) is 11.6 Å². The summed E-state index contributed by atoms with van der Waals surface area (Å²) in [5.41, 5.74) is 8.24. The first-order chi connectivity index (χ1) is 9.72. The van der Waals surface area contributed by atoms with E-state index in [1.165, 1.54) is 24.8 Å². The van der Waals surface area contributed by atoms with Crippen LogP contribution in [0.3, 0.4) is 0 Å². The molecule has 5 heteroatoms. The van der Waals surface area contributed by atoms with Crippen LogP contribution in [0.1, 0.15) is 25.7 Å². The lowest BCUT2D eigenvalue weighted by Crippen LogP contribution is -2.14. The van der Waals surface area contributed by atoms with E-state index in [0.717, 1.165) is 13.0 Å². The molecule has 5 nitrogen and oxygen atoms in total. The number of nitrogen functional groups attached to an aromatic ring is 1. The number of hydrogen-bond acceptors (Lipinski definition) is 4. The van der Waals surface area contributed by atoms with Crippen LogP contribution >= 0.6 is 0 Å². The standard InChI is InChI=1S/C15H18N4O/c16-11-5-6-13-12(9-11)14(20)19-15(18-13)17-8-7-10-3-1-2-4-10/h3,5-6,9H,1-2,4,7-8,16H2,(H2,17,18,19,20). The van der Waals surface area contributed by atoms with Crippen LogP contribution in [-0.2, 0) is 0 Å². The Bertz CT molecular complexity index is 717. The van der Waals surface area contributed by atoms with E-state index in [1.54, 1.807) is 18.2 Å². The molecule has 0 unspecified atom stereocenters. The van der Waals surface area contributed by atoms with E-state index in [9.17, 15) is 4.79 Å². The maximum absolute atomic E-state index is 12.0. The molecule has 3 rings (SSSR count). The summed E-state index contributed by atoms with van der Waals surface area (Å²) in [6.45, 7) is 0.787. The number of H-pyrrole nitrogens is 1. The average molecular weight is 270 g/mol. The number of fused-ring (bicyclic) bond motifs is 1. The second-order valence-corrected chi connectivity index (χ2v) is 5.12. The number of nitrogens with two attached hydrogens (primary N) is 1. The summed E-state index contributed by atoms with van der Waals surface area (Å²) in [6, 6.07) is 5.17. The normalized spacial score (nSPS) is 14.5. The number of anilines is 2. The Morgan fingerprint density at radius 1 is 1.40 bits per heavy atom. The highest BCUT2D eigenvalue weighted by molar-refractivity contribution is 5.81. The number of nitrogens with zero attached hydrogens (tertiary/aromatic N) is 1. The van der Waals surface area contributed by atoms with E-state index in [4.69, 9.17) is 5.73 Å². The summed E-state index contributed by atoms with van der Waals surface area (Å²) in [5.74, 6) is 0.519. The van der Waals surface area contributed by atoms with Crippen molar-refractivity contribution < 1.29 is 0 Å². The predicted molar refractivity (Wildman–Crippen MR) is 81.8 cm³/mol. The lowest BCUT2D eigenvalue weighted by atomic mass is 10.2. The van der Waals surface area contributed by atoms with Crippen molar-refractivity contribution in [3.63, 3.8) is 0 Å². The molecule has 1 aliphatic rings. The SMILES string of the molecule is Nc1ccc2nc(NCCC3=CCCC3)[nH]c(=O)c2c1. The van der Waals surface area contributed by atoms with Crippen LogP contribution in [0.15, 0.2) is 34.6 Å². The van der Waals surface area contributed by atoms with E-state index >= 15 is 0 Å². The smallest absolute Gasteiger partial charge is 0.260 e. The van der Waals surface area contributed by atoms with Gasteiger partial charge in [0.2, 0.25) is 5.95 Å². The van der Waals surface area contributed by atoms with Crippen LogP contribution < -0.4 is 16.6 Å².